The van der Waals surface area contributed by atoms with Crippen LogP contribution in [-0.2, 0) is 36.8 Å². The Hall–Kier alpha value is -5.17. The number of H-pyrrole nitrogens is 2. The number of rotatable bonds is 16. The topological polar surface area (TPSA) is 216 Å². The van der Waals surface area contributed by atoms with Gasteiger partial charge in [0.2, 0.25) is 23.6 Å². The fourth-order valence-electron chi connectivity index (χ4n) is 5.61. The van der Waals surface area contributed by atoms with E-state index >= 15 is 0 Å². The predicted molar refractivity (Wildman–Crippen MR) is 173 cm³/mol. The third-order valence-electron chi connectivity index (χ3n) is 8.15. The van der Waals surface area contributed by atoms with Gasteiger partial charge in [-0.1, -0.05) is 56.2 Å². The third-order valence-corrected chi connectivity index (χ3v) is 8.15. The summed E-state index contributed by atoms with van der Waals surface area (Å²) in [6, 6.07) is 10.3. The number of unbranched alkanes of at least 4 members (excludes halogenated alkanes) is 1. The number of nitrogens with zero attached hydrogens (tertiary/aromatic N) is 1. The number of hydrogen-bond donors (Lipinski definition) is 7. The number of carbonyl (C=O) groups excluding carboxylic acids is 4. The molecular weight excluding hydrogens is 590 g/mol. The molecule has 4 atom stereocenters. The first-order chi connectivity index (χ1) is 22.0. The number of hydrogen-bond acceptors (Lipinski definition) is 6. The fourth-order valence-corrected chi connectivity index (χ4v) is 5.61. The van der Waals surface area contributed by atoms with E-state index in [4.69, 9.17) is 11.5 Å². The quantitative estimate of drug-likeness (QED) is 0.0970. The second-order valence-corrected chi connectivity index (χ2v) is 11.5. The lowest BCUT2D eigenvalue weighted by atomic mass is 10.0. The van der Waals surface area contributed by atoms with Gasteiger partial charge < -0.3 is 42.1 Å². The molecule has 0 radical (unpaired) electrons. The Morgan fingerprint density at radius 3 is 1.93 bits per heavy atom. The van der Waals surface area contributed by atoms with Gasteiger partial charge in [0.05, 0.1) is 12.5 Å². The van der Waals surface area contributed by atoms with Crippen LogP contribution in [0.3, 0.4) is 0 Å². The van der Waals surface area contributed by atoms with Crippen molar-refractivity contribution in [3.8, 4) is 0 Å². The van der Waals surface area contributed by atoms with Gasteiger partial charge in [-0.15, -0.1) is 0 Å². The number of nitrogens with one attached hydrogen (secondary N) is 4. The lowest BCUT2D eigenvalue weighted by Crippen LogP contribution is -2.58. The standard InChI is InChI=1S/C33H41N7O6/c1-3-4-13-28(40(2)33(46)23(34)14-19-17-36-24-11-7-5-9-21(19)24)32(45)39-27(16-29(41)42)31(44)38-26(30(35)43)15-20-18-37-25-12-8-6-10-22(20)25/h5-12,17-18,23,26-28,36-37H,3-4,13-16,34H2,1-2H3,(H2,35,43)(H,38,44)(H,39,45)(H,41,42)/t23-,26-,27-,28-/m0/s1. The van der Waals surface area contributed by atoms with Crippen molar-refractivity contribution < 1.29 is 29.1 Å². The maximum atomic E-state index is 13.6. The summed E-state index contributed by atoms with van der Waals surface area (Å²) in [5.74, 6) is -4.25. The summed E-state index contributed by atoms with van der Waals surface area (Å²) in [5.41, 5.74) is 15.3. The zero-order valence-corrected chi connectivity index (χ0v) is 25.9. The zero-order chi connectivity index (χ0) is 33.4. The number of nitrogens with two attached hydrogens (primary N) is 2. The molecule has 46 heavy (non-hydrogen) atoms. The van der Waals surface area contributed by atoms with E-state index in [9.17, 15) is 29.1 Å². The summed E-state index contributed by atoms with van der Waals surface area (Å²) in [7, 11) is 1.47. The largest absolute Gasteiger partial charge is 0.481 e. The molecule has 0 bridgehead atoms. The van der Waals surface area contributed by atoms with Crippen LogP contribution in [0.4, 0.5) is 0 Å². The van der Waals surface area contributed by atoms with Gasteiger partial charge in [-0.2, -0.15) is 0 Å². The number of benzene rings is 2. The first kappa shape index (κ1) is 33.7. The van der Waals surface area contributed by atoms with Crippen molar-refractivity contribution in [3.05, 3.63) is 72.1 Å². The maximum absolute atomic E-state index is 13.6. The maximum Gasteiger partial charge on any atom is 0.305 e. The number of carbonyl (C=O) groups is 5. The highest BCUT2D eigenvalue weighted by Gasteiger charge is 2.34. The van der Waals surface area contributed by atoms with E-state index in [1.807, 2.05) is 55.5 Å². The van der Waals surface area contributed by atoms with Gasteiger partial charge in [0, 0.05) is 47.7 Å². The average Bonchev–Trinajstić information content (AvgIpc) is 3.63. The molecule has 13 heteroatoms. The minimum Gasteiger partial charge on any atom is -0.481 e. The van der Waals surface area contributed by atoms with Gasteiger partial charge in [0.1, 0.15) is 18.1 Å². The molecule has 2 aromatic carbocycles. The number of aromatic nitrogens is 2. The average molecular weight is 632 g/mol. The Balaban J connectivity index is 1.47. The number of amides is 4. The number of aromatic amines is 2. The van der Waals surface area contributed by atoms with Crippen LogP contribution >= 0.6 is 0 Å². The predicted octanol–water partition coefficient (Wildman–Crippen LogP) is 1.71. The molecule has 13 nitrogen and oxygen atoms in total. The van der Waals surface area contributed by atoms with E-state index in [2.05, 4.69) is 20.6 Å². The summed E-state index contributed by atoms with van der Waals surface area (Å²) in [6.07, 6.45) is 4.58. The van der Waals surface area contributed by atoms with Gasteiger partial charge in [0.25, 0.3) is 0 Å². The number of aliphatic carboxylic acids is 1. The summed E-state index contributed by atoms with van der Waals surface area (Å²) in [6.45, 7) is 1.93. The molecule has 2 aromatic heterocycles. The Kier molecular flexibility index (Phi) is 11.2. The SMILES string of the molecule is CCCC[C@@H](C(=O)N[C@@H](CC(=O)O)C(=O)N[C@@H](Cc1c[nH]c2ccccc12)C(N)=O)N(C)C(=O)[C@@H](N)Cc1c[nH]c2ccccc12. The van der Waals surface area contributed by atoms with Crippen LogP contribution in [0.15, 0.2) is 60.9 Å². The van der Waals surface area contributed by atoms with Crippen molar-refractivity contribution in [2.24, 2.45) is 11.5 Å². The smallest absolute Gasteiger partial charge is 0.305 e. The fraction of sp³-hybridized carbons (Fsp3) is 0.364. The van der Waals surface area contributed by atoms with Crippen molar-refractivity contribution in [3.63, 3.8) is 0 Å². The Labute approximate surface area is 266 Å². The summed E-state index contributed by atoms with van der Waals surface area (Å²) >= 11 is 0. The number of carboxylic acid groups (broad SMARTS) is 1. The van der Waals surface area contributed by atoms with Crippen LogP contribution in [0, 0.1) is 0 Å². The summed E-state index contributed by atoms with van der Waals surface area (Å²) < 4.78 is 0. The molecule has 0 spiro atoms. The zero-order valence-electron chi connectivity index (χ0n) is 25.9. The molecule has 0 unspecified atom stereocenters. The van der Waals surface area contributed by atoms with E-state index in [1.165, 1.54) is 11.9 Å². The molecular formula is C33H41N7O6. The molecule has 0 saturated heterocycles. The number of carboxylic acids is 1. The molecule has 0 aliphatic rings. The van der Waals surface area contributed by atoms with Crippen molar-refractivity contribution in [2.75, 3.05) is 7.05 Å². The van der Waals surface area contributed by atoms with Gasteiger partial charge in [-0.3, -0.25) is 24.0 Å². The first-order valence-electron chi connectivity index (χ1n) is 15.2. The molecule has 244 valence electrons. The Bertz CT molecular complexity index is 1710. The molecule has 2 heterocycles. The van der Waals surface area contributed by atoms with Crippen LogP contribution in [0.25, 0.3) is 21.8 Å². The van der Waals surface area contributed by atoms with E-state index in [1.54, 1.807) is 12.4 Å². The molecule has 4 amide bonds. The minimum atomic E-state index is -1.54. The van der Waals surface area contributed by atoms with Crippen LogP contribution in [0.5, 0.6) is 0 Å². The van der Waals surface area contributed by atoms with Crippen LogP contribution in [-0.4, -0.2) is 80.8 Å². The third kappa shape index (κ3) is 8.10. The Morgan fingerprint density at radius 2 is 1.39 bits per heavy atom. The van der Waals surface area contributed by atoms with Crippen LogP contribution in [0.1, 0.15) is 43.7 Å². The normalized spacial score (nSPS) is 13.9. The number of para-hydroxylation sites is 2. The first-order valence-corrected chi connectivity index (χ1v) is 15.2. The highest BCUT2D eigenvalue weighted by atomic mass is 16.4. The van der Waals surface area contributed by atoms with Gasteiger partial charge in [-0.25, -0.2) is 0 Å². The van der Waals surface area contributed by atoms with E-state index in [0.29, 0.717) is 6.42 Å². The van der Waals surface area contributed by atoms with Crippen molar-refractivity contribution in [1.29, 1.82) is 0 Å². The second-order valence-electron chi connectivity index (χ2n) is 11.5. The molecule has 0 aliphatic heterocycles. The Morgan fingerprint density at radius 1 is 0.848 bits per heavy atom. The molecule has 4 rings (SSSR count). The highest BCUT2D eigenvalue weighted by molar-refractivity contribution is 5.96. The number of fused-ring (bicyclic) bond motifs is 2. The van der Waals surface area contributed by atoms with Crippen molar-refractivity contribution >= 4 is 51.4 Å². The van der Waals surface area contributed by atoms with Gasteiger partial charge in [0.15, 0.2) is 0 Å². The minimum absolute atomic E-state index is 0.0451. The number of primary amides is 1. The van der Waals surface area contributed by atoms with E-state index in [0.717, 1.165) is 39.4 Å². The van der Waals surface area contributed by atoms with Crippen molar-refractivity contribution in [2.45, 2.75) is 69.6 Å². The molecule has 4 aromatic rings. The van der Waals surface area contributed by atoms with Crippen LogP contribution < -0.4 is 22.1 Å². The second kappa shape index (κ2) is 15.2. The van der Waals surface area contributed by atoms with Gasteiger partial charge in [-0.05, 0) is 36.1 Å². The highest BCUT2D eigenvalue weighted by Crippen LogP contribution is 2.21. The van der Waals surface area contributed by atoms with E-state index < -0.39 is 60.2 Å². The summed E-state index contributed by atoms with van der Waals surface area (Å²) in [5, 5.41) is 16.4. The monoisotopic (exact) mass is 631 g/mol. The van der Waals surface area contributed by atoms with Crippen LogP contribution in [0.2, 0.25) is 0 Å². The molecule has 0 fully saturated rings. The van der Waals surface area contributed by atoms with Crippen molar-refractivity contribution in [1.82, 2.24) is 25.5 Å². The number of likely N-dealkylation sites (N-methyl/N-ethyl adjacent to an activating group) is 1. The summed E-state index contributed by atoms with van der Waals surface area (Å²) in [4.78, 5) is 72.0. The lowest BCUT2D eigenvalue weighted by molar-refractivity contribution is -0.143. The molecule has 0 saturated carbocycles. The lowest BCUT2D eigenvalue weighted by Gasteiger charge is -2.31. The van der Waals surface area contributed by atoms with Gasteiger partial charge >= 0.3 is 5.97 Å². The molecule has 0 aliphatic carbocycles. The van der Waals surface area contributed by atoms with E-state index in [-0.39, 0.29) is 19.3 Å². The molecule has 9 N–H and O–H groups in total.